The number of nitriles is 1. The molecular formula is C16H15N7OS. The topological polar surface area (TPSA) is 105 Å². The van der Waals surface area contributed by atoms with Crippen LogP contribution < -0.4 is 5.56 Å². The summed E-state index contributed by atoms with van der Waals surface area (Å²) >= 11 is 1.55. The van der Waals surface area contributed by atoms with Crippen LogP contribution in [0.25, 0.3) is 5.65 Å². The first-order valence-corrected chi connectivity index (χ1v) is 9.31. The number of H-pyrrole nitrogens is 1. The van der Waals surface area contributed by atoms with Crippen molar-refractivity contribution in [3.63, 3.8) is 0 Å². The summed E-state index contributed by atoms with van der Waals surface area (Å²) in [6, 6.07) is 4.08. The Kier molecular flexibility index (Phi) is 3.21. The molecule has 0 atom stereocenters. The van der Waals surface area contributed by atoms with Crippen molar-refractivity contribution in [2.45, 2.75) is 48.6 Å². The molecule has 3 aromatic heterocycles. The number of rotatable bonds is 5. The predicted molar refractivity (Wildman–Crippen MR) is 90.4 cm³/mol. The SMILES string of the molecule is N#Cc1c[nH]n2c(=O)cc(CSc3nnc(C4CC4)n3C3CC3)nc12. The Morgan fingerprint density at radius 2 is 2.16 bits per heavy atom. The number of nitrogens with one attached hydrogen (secondary N) is 1. The summed E-state index contributed by atoms with van der Waals surface area (Å²) in [5.74, 6) is 2.21. The minimum atomic E-state index is -0.218. The van der Waals surface area contributed by atoms with Crippen LogP contribution in [0.1, 0.15) is 54.7 Å². The Bertz CT molecular complexity index is 1060. The Hall–Kier alpha value is -2.60. The highest BCUT2D eigenvalue weighted by Gasteiger charge is 2.36. The van der Waals surface area contributed by atoms with Gasteiger partial charge in [0, 0.05) is 30.0 Å². The molecule has 0 radical (unpaired) electrons. The van der Waals surface area contributed by atoms with E-state index in [-0.39, 0.29) is 5.56 Å². The Balaban J connectivity index is 1.44. The van der Waals surface area contributed by atoms with Crippen LogP contribution in [0.2, 0.25) is 0 Å². The molecule has 0 amide bonds. The van der Waals surface area contributed by atoms with Crippen LogP contribution >= 0.6 is 11.8 Å². The number of hydrogen-bond acceptors (Lipinski definition) is 6. The molecule has 5 rings (SSSR count). The van der Waals surface area contributed by atoms with E-state index in [1.165, 1.54) is 42.5 Å². The summed E-state index contributed by atoms with van der Waals surface area (Å²) in [5, 5.41) is 21.5. The van der Waals surface area contributed by atoms with Gasteiger partial charge in [0.25, 0.3) is 5.56 Å². The van der Waals surface area contributed by atoms with Gasteiger partial charge in [-0.25, -0.2) is 9.50 Å². The van der Waals surface area contributed by atoms with E-state index < -0.39 is 0 Å². The first-order chi connectivity index (χ1) is 12.2. The third-order valence-corrected chi connectivity index (χ3v) is 5.54. The van der Waals surface area contributed by atoms with E-state index in [1.807, 2.05) is 6.07 Å². The zero-order chi connectivity index (χ0) is 17.0. The van der Waals surface area contributed by atoms with Crippen LogP contribution in [0.3, 0.4) is 0 Å². The smallest absolute Gasteiger partial charge is 0.272 e. The van der Waals surface area contributed by atoms with E-state index in [1.54, 1.807) is 11.8 Å². The molecule has 3 aromatic rings. The van der Waals surface area contributed by atoms with Gasteiger partial charge in [-0.1, -0.05) is 11.8 Å². The summed E-state index contributed by atoms with van der Waals surface area (Å²) in [5.41, 5.74) is 1.16. The Morgan fingerprint density at radius 3 is 2.88 bits per heavy atom. The van der Waals surface area contributed by atoms with Gasteiger partial charge in [0.05, 0.1) is 5.69 Å². The van der Waals surface area contributed by atoms with Crippen molar-refractivity contribution < 1.29 is 0 Å². The van der Waals surface area contributed by atoms with Crippen LogP contribution in [-0.4, -0.2) is 29.4 Å². The highest BCUT2D eigenvalue weighted by atomic mass is 32.2. The molecule has 1 N–H and O–H groups in total. The lowest BCUT2D eigenvalue weighted by Gasteiger charge is -2.07. The molecule has 0 saturated heterocycles. The van der Waals surface area contributed by atoms with Crippen LogP contribution in [-0.2, 0) is 5.75 Å². The van der Waals surface area contributed by atoms with E-state index in [4.69, 9.17) is 5.26 Å². The van der Waals surface area contributed by atoms with Crippen LogP contribution in [0, 0.1) is 11.3 Å². The normalized spacial score (nSPS) is 17.1. The third-order valence-electron chi connectivity index (χ3n) is 4.57. The quantitative estimate of drug-likeness (QED) is 0.703. The largest absolute Gasteiger partial charge is 0.303 e. The summed E-state index contributed by atoms with van der Waals surface area (Å²) in [6.45, 7) is 0. The van der Waals surface area contributed by atoms with E-state index in [9.17, 15) is 4.79 Å². The zero-order valence-corrected chi connectivity index (χ0v) is 14.2. The second kappa shape index (κ2) is 5.46. The lowest BCUT2D eigenvalue weighted by Crippen LogP contribution is -2.15. The molecule has 2 saturated carbocycles. The molecule has 2 fully saturated rings. The van der Waals surface area contributed by atoms with Gasteiger partial charge in [0.2, 0.25) is 0 Å². The lowest BCUT2D eigenvalue weighted by atomic mass is 10.3. The van der Waals surface area contributed by atoms with E-state index in [0.717, 1.165) is 11.0 Å². The van der Waals surface area contributed by atoms with Crippen molar-refractivity contribution in [3.8, 4) is 6.07 Å². The first-order valence-electron chi connectivity index (χ1n) is 8.32. The maximum atomic E-state index is 12.2. The zero-order valence-electron chi connectivity index (χ0n) is 13.3. The predicted octanol–water partition coefficient (Wildman–Crippen LogP) is 1.99. The van der Waals surface area contributed by atoms with Gasteiger partial charge in [0.15, 0.2) is 10.8 Å². The van der Waals surface area contributed by atoms with Crippen molar-refractivity contribution in [1.82, 2.24) is 29.4 Å². The maximum absolute atomic E-state index is 12.2. The van der Waals surface area contributed by atoms with Crippen LogP contribution in [0.4, 0.5) is 0 Å². The number of aromatic nitrogens is 6. The molecule has 8 nitrogen and oxygen atoms in total. The molecule has 0 aromatic carbocycles. The summed E-state index contributed by atoms with van der Waals surface area (Å²) in [6.07, 6.45) is 6.27. The fourth-order valence-electron chi connectivity index (χ4n) is 3.01. The molecule has 0 spiro atoms. The molecule has 3 heterocycles. The van der Waals surface area contributed by atoms with Crippen molar-refractivity contribution >= 4 is 17.4 Å². The van der Waals surface area contributed by atoms with Crippen molar-refractivity contribution in [3.05, 3.63) is 39.7 Å². The Labute approximate surface area is 146 Å². The second-order valence-electron chi connectivity index (χ2n) is 6.55. The molecule has 0 aliphatic heterocycles. The van der Waals surface area contributed by atoms with E-state index in [0.29, 0.717) is 34.6 Å². The number of hydrogen-bond donors (Lipinski definition) is 1. The average Bonchev–Trinajstić information content (AvgIpc) is 3.54. The van der Waals surface area contributed by atoms with Gasteiger partial charge in [-0.2, -0.15) is 5.26 Å². The average molecular weight is 353 g/mol. The van der Waals surface area contributed by atoms with Crippen LogP contribution in [0.15, 0.2) is 22.2 Å². The van der Waals surface area contributed by atoms with Crippen molar-refractivity contribution in [2.24, 2.45) is 0 Å². The van der Waals surface area contributed by atoms with Gasteiger partial charge in [-0.05, 0) is 25.7 Å². The minimum Gasteiger partial charge on any atom is -0.303 e. The summed E-state index contributed by atoms with van der Waals surface area (Å²) < 4.78 is 3.56. The van der Waals surface area contributed by atoms with Crippen LogP contribution in [0.5, 0.6) is 0 Å². The van der Waals surface area contributed by atoms with Gasteiger partial charge >= 0.3 is 0 Å². The minimum absolute atomic E-state index is 0.218. The fraction of sp³-hybridized carbons (Fsp3) is 0.438. The van der Waals surface area contributed by atoms with Gasteiger partial charge in [0.1, 0.15) is 17.5 Å². The lowest BCUT2D eigenvalue weighted by molar-refractivity contribution is 0.627. The molecule has 2 aliphatic carbocycles. The number of thioether (sulfide) groups is 1. The number of aromatic amines is 1. The maximum Gasteiger partial charge on any atom is 0.272 e. The van der Waals surface area contributed by atoms with Crippen molar-refractivity contribution in [2.75, 3.05) is 0 Å². The number of fused-ring (bicyclic) bond motifs is 1. The third kappa shape index (κ3) is 2.53. The molecule has 2 aliphatic rings. The van der Waals surface area contributed by atoms with E-state index >= 15 is 0 Å². The molecule has 0 unspecified atom stereocenters. The van der Waals surface area contributed by atoms with Crippen molar-refractivity contribution in [1.29, 1.82) is 5.26 Å². The fourth-order valence-corrected chi connectivity index (χ4v) is 3.91. The van der Waals surface area contributed by atoms with E-state index in [2.05, 4.69) is 24.8 Å². The monoisotopic (exact) mass is 353 g/mol. The molecule has 25 heavy (non-hydrogen) atoms. The summed E-state index contributed by atoms with van der Waals surface area (Å²) in [7, 11) is 0. The molecular weight excluding hydrogens is 338 g/mol. The van der Waals surface area contributed by atoms with Gasteiger partial charge in [-0.3, -0.25) is 9.89 Å². The highest BCUT2D eigenvalue weighted by molar-refractivity contribution is 7.98. The second-order valence-corrected chi connectivity index (χ2v) is 7.49. The summed E-state index contributed by atoms with van der Waals surface area (Å²) in [4.78, 5) is 16.6. The van der Waals surface area contributed by atoms with Gasteiger partial charge in [-0.15, -0.1) is 10.2 Å². The molecule has 126 valence electrons. The van der Waals surface area contributed by atoms with Gasteiger partial charge < -0.3 is 4.57 Å². The molecule has 9 heteroatoms. The highest BCUT2D eigenvalue weighted by Crippen LogP contribution is 2.46. The Morgan fingerprint density at radius 1 is 1.32 bits per heavy atom. The first kappa shape index (κ1) is 14.7. The molecule has 0 bridgehead atoms. The standard InChI is InChI=1S/C16H15N7OS/c17-6-10-7-18-23-13(24)5-11(19-14(10)23)8-25-16-21-20-15(9-1-2-9)22(16)12-3-4-12/h5,7,9,12,18H,1-4,8H2. The number of nitrogens with zero attached hydrogens (tertiary/aromatic N) is 6.